The van der Waals surface area contributed by atoms with E-state index in [4.69, 9.17) is 0 Å². The van der Waals surface area contributed by atoms with Crippen LogP contribution in [0.25, 0.3) is 0 Å². The van der Waals surface area contributed by atoms with Crippen molar-refractivity contribution in [3.63, 3.8) is 0 Å². The van der Waals surface area contributed by atoms with Gasteiger partial charge in [0.2, 0.25) is 0 Å². The van der Waals surface area contributed by atoms with Gasteiger partial charge in [0.15, 0.2) is 10.8 Å². The van der Waals surface area contributed by atoms with E-state index >= 15 is 0 Å². The van der Waals surface area contributed by atoms with Gasteiger partial charge in [-0.25, -0.2) is 0 Å². The maximum atomic E-state index is 9.87. The molecule has 0 aliphatic heterocycles. The Bertz CT molecular complexity index is 660. The van der Waals surface area contributed by atoms with Crippen LogP contribution in [0.2, 0.25) is 0 Å². The summed E-state index contributed by atoms with van der Waals surface area (Å²) in [6.07, 6.45) is 7.96. The molecule has 1 spiro atoms. The van der Waals surface area contributed by atoms with Crippen LogP contribution in [-0.2, 0) is 0 Å². The molecule has 21 heavy (non-hydrogen) atoms. The average Bonchev–Trinajstić information content (AvgIpc) is 3.23. The summed E-state index contributed by atoms with van der Waals surface area (Å²) < 4.78 is 0. The van der Waals surface area contributed by atoms with Crippen LogP contribution in [-0.4, -0.2) is 0 Å². The van der Waals surface area contributed by atoms with Crippen molar-refractivity contribution in [2.75, 3.05) is 0 Å². The molecule has 104 valence electrons. The third-order valence-corrected chi connectivity index (χ3v) is 6.19. The molecule has 2 atom stereocenters. The topological polar surface area (TPSA) is 95.2 Å². The van der Waals surface area contributed by atoms with Gasteiger partial charge in [-0.15, -0.1) is 0 Å². The second-order valence-corrected chi connectivity index (χ2v) is 6.91. The molecule has 0 heterocycles. The van der Waals surface area contributed by atoms with Gasteiger partial charge in [0.05, 0.1) is 24.3 Å². The van der Waals surface area contributed by atoms with Crippen molar-refractivity contribution in [3.05, 3.63) is 12.2 Å². The average molecular weight is 276 g/mol. The molecule has 0 aromatic heterocycles. The molecular weight excluding hydrogens is 260 g/mol. The highest BCUT2D eigenvalue weighted by Gasteiger charge is 2.80. The molecule has 0 saturated heterocycles. The minimum atomic E-state index is -1.58. The number of rotatable bonds is 1. The van der Waals surface area contributed by atoms with E-state index in [1.807, 2.05) is 19.1 Å². The van der Waals surface area contributed by atoms with Gasteiger partial charge in [0, 0.05) is 10.8 Å². The molecule has 0 aromatic carbocycles. The first kappa shape index (κ1) is 13.7. The van der Waals surface area contributed by atoms with Crippen LogP contribution in [0, 0.1) is 72.9 Å². The van der Waals surface area contributed by atoms with E-state index in [1.54, 1.807) is 0 Å². The zero-order valence-corrected chi connectivity index (χ0v) is 12.1. The van der Waals surface area contributed by atoms with Gasteiger partial charge in [-0.2, -0.15) is 21.0 Å². The Morgan fingerprint density at radius 3 is 1.90 bits per heavy atom. The summed E-state index contributed by atoms with van der Waals surface area (Å²) >= 11 is 0. The van der Waals surface area contributed by atoms with Gasteiger partial charge < -0.3 is 0 Å². The van der Waals surface area contributed by atoms with E-state index in [9.17, 15) is 21.0 Å². The maximum Gasteiger partial charge on any atom is 0.184 e. The van der Waals surface area contributed by atoms with Crippen molar-refractivity contribution in [2.24, 2.45) is 27.6 Å². The van der Waals surface area contributed by atoms with Crippen molar-refractivity contribution in [3.8, 4) is 24.3 Å². The normalized spacial score (nSPS) is 38.3. The third kappa shape index (κ3) is 1.18. The van der Waals surface area contributed by atoms with Crippen molar-refractivity contribution in [1.82, 2.24) is 0 Å². The largest absolute Gasteiger partial charge is 0.196 e. The quantitative estimate of drug-likeness (QED) is 0.687. The minimum Gasteiger partial charge on any atom is -0.196 e. The first-order valence-corrected chi connectivity index (χ1v) is 7.34. The molecule has 3 aliphatic rings. The third-order valence-electron chi connectivity index (χ3n) is 6.19. The predicted molar refractivity (Wildman–Crippen MR) is 73.6 cm³/mol. The zero-order chi connectivity index (χ0) is 15.4. The summed E-state index contributed by atoms with van der Waals surface area (Å²) in [7, 11) is 0. The lowest BCUT2D eigenvalue weighted by Crippen LogP contribution is -2.47. The van der Waals surface area contributed by atoms with Crippen LogP contribution in [0.5, 0.6) is 0 Å². The van der Waals surface area contributed by atoms with E-state index in [-0.39, 0.29) is 5.92 Å². The van der Waals surface area contributed by atoms with Crippen molar-refractivity contribution in [2.45, 2.75) is 39.0 Å². The van der Waals surface area contributed by atoms with Gasteiger partial charge in [-0.1, -0.05) is 19.1 Å². The second-order valence-electron chi connectivity index (χ2n) is 6.91. The van der Waals surface area contributed by atoms with E-state index < -0.39 is 21.7 Å². The van der Waals surface area contributed by atoms with Crippen LogP contribution < -0.4 is 0 Å². The lowest BCUT2D eigenvalue weighted by molar-refractivity contribution is 0.129. The van der Waals surface area contributed by atoms with E-state index in [0.717, 1.165) is 19.3 Å². The molecule has 0 N–H and O–H groups in total. The van der Waals surface area contributed by atoms with Crippen LogP contribution >= 0.6 is 0 Å². The fraction of sp³-hybridized carbons (Fsp3) is 0.647. The molecule has 3 rings (SSSR count). The van der Waals surface area contributed by atoms with E-state index in [1.165, 1.54) is 0 Å². The van der Waals surface area contributed by atoms with Crippen LogP contribution in [0.4, 0.5) is 0 Å². The molecule has 2 saturated carbocycles. The molecule has 4 heteroatoms. The van der Waals surface area contributed by atoms with E-state index in [0.29, 0.717) is 12.8 Å². The molecule has 4 nitrogen and oxygen atoms in total. The van der Waals surface area contributed by atoms with Gasteiger partial charge in [0.25, 0.3) is 0 Å². The van der Waals surface area contributed by atoms with Gasteiger partial charge >= 0.3 is 0 Å². The Morgan fingerprint density at radius 2 is 1.52 bits per heavy atom. The number of hydrogen-bond acceptors (Lipinski definition) is 4. The second kappa shape index (κ2) is 3.87. The Kier molecular flexibility index (Phi) is 2.52. The predicted octanol–water partition coefficient (Wildman–Crippen LogP) is 3.21. The summed E-state index contributed by atoms with van der Waals surface area (Å²) in [5, 5.41) is 39.5. The molecule has 0 bridgehead atoms. The maximum absolute atomic E-state index is 9.87. The molecule has 2 unspecified atom stereocenters. The Morgan fingerprint density at radius 1 is 0.952 bits per heavy atom. The molecule has 2 fully saturated rings. The molecule has 0 aromatic rings. The van der Waals surface area contributed by atoms with Crippen molar-refractivity contribution >= 4 is 0 Å². The number of nitrogens with zero attached hydrogens (tertiary/aromatic N) is 4. The zero-order valence-electron chi connectivity index (χ0n) is 12.1. The summed E-state index contributed by atoms with van der Waals surface area (Å²) in [4.78, 5) is 0. The van der Waals surface area contributed by atoms with Crippen LogP contribution in [0.15, 0.2) is 12.2 Å². The molecule has 0 radical (unpaired) electrons. The first-order chi connectivity index (χ1) is 10.0. The van der Waals surface area contributed by atoms with Crippen molar-refractivity contribution < 1.29 is 0 Å². The smallest absolute Gasteiger partial charge is 0.184 e. The fourth-order valence-corrected chi connectivity index (χ4v) is 4.95. The fourth-order valence-electron chi connectivity index (χ4n) is 4.95. The Balaban J connectivity index is 2.35. The summed E-state index contributed by atoms with van der Waals surface area (Å²) in [5.74, 6) is 0.270. The summed E-state index contributed by atoms with van der Waals surface area (Å²) in [6.45, 7) is 1.95. The van der Waals surface area contributed by atoms with Crippen LogP contribution in [0.3, 0.4) is 0 Å². The standard InChI is InChI=1S/C17H16N4/c1-14(13-4-5-13)8-15(6-2-3-7-15)17(11-20,12-21)16(14,9-18)10-19/h2,6,13H,3-5,7-8H2,1H3. The molecule has 0 amide bonds. The van der Waals surface area contributed by atoms with E-state index in [2.05, 4.69) is 24.3 Å². The van der Waals surface area contributed by atoms with Gasteiger partial charge in [-0.3, -0.25) is 0 Å². The highest BCUT2D eigenvalue weighted by atomic mass is 14.8. The van der Waals surface area contributed by atoms with Crippen molar-refractivity contribution in [1.29, 1.82) is 21.0 Å². The summed E-state index contributed by atoms with van der Waals surface area (Å²) in [6, 6.07) is 8.55. The number of hydrogen-bond donors (Lipinski definition) is 0. The minimum absolute atomic E-state index is 0.270. The lowest BCUT2D eigenvalue weighted by atomic mass is 9.54. The highest BCUT2D eigenvalue weighted by molar-refractivity contribution is 5.49. The highest BCUT2D eigenvalue weighted by Crippen LogP contribution is 2.77. The SMILES string of the molecule is CC1(C2CC2)CC2(C=CCC2)C(C#N)(C#N)C1(C#N)C#N. The number of allylic oxidation sites excluding steroid dienone is 2. The lowest BCUT2D eigenvalue weighted by Gasteiger charge is -2.38. The Labute approximate surface area is 124 Å². The van der Waals surface area contributed by atoms with Gasteiger partial charge in [-0.05, 0) is 38.0 Å². The number of nitriles is 4. The summed E-state index contributed by atoms with van der Waals surface area (Å²) in [5.41, 5.74) is -4.37. The van der Waals surface area contributed by atoms with Gasteiger partial charge in [0.1, 0.15) is 0 Å². The first-order valence-electron chi connectivity index (χ1n) is 7.34. The molecule has 3 aliphatic carbocycles. The monoisotopic (exact) mass is 276 g/mol. The Hall–Kier alpha value is -2.30. The van der Waals surface area contributed by atoms with Crippen LogP contribution in [0.1, 0.15) is 39.0 Å². The molecular formula is C17H16N4.